The molecule has 150 valence electrons. The van der Waals surface area contributed by atoms with E-state index in [2.05, 4.69) is 25.7 Å². The van der Waals surface area contributed by atoms with Crippen molar-refractivity contribution in [3.8, 4) is 5.75 Å². The van der Waals surface area contributed by atoms with Crippen molar-refractivity contribution in [1.29, 1.82) is 0 Å². The molecular weight excluding hydrogens is 366 g/mol. The van der Waals surface area contributed by atoms with Crippen LogP contribution in [-0.2, 0) is 0 Å². The smallest absolute Gasteiger partial charge is 0.276 e. The number of likely N-dealkylation sites (N-methyl/N-ethyl adjacent to an activating group) is 1. The average molecular weight is 391 g/mol. The fourth-order valence-electron chi connectivity index (χ4n) is 2.98. The van der Waals surface area contributed by atoms with Gasteiger partial charge in [-0.15, -0.1) is 10.2 Å². The number of benzene rings is 2. The largest absolute Gasteiger partial charge is 0.496 e. The van der Waals surface area contributed by atoms with Crippen molar-refractivity contribution in [2.24, 2.45) is 0 Å². The zero-order valence-corrected chi connectivity index (χ0v) is 16.8. The number of anilines is 2. The number of ether oxygens (including phenoxy) is 1. The minimum absolute atomic E-state index is 0.0778. The van der Waals surface area contributed by atoms with Crippen molar-refractivity contribution in [1.82, 2.24) is 15.1 Å². The number of hydrogen-bond donors (Lipinski definition) is 2. The lowest BCUT2D eigenvalue weighted by Crippen LogP contribution is -2.27. The summed E-state index contributed by atoms with van der Waals surface area (Å²) >= 11 is 0. The molecule has 0 bridgehead atoms. The number of amides is 1. The summed E-state index contributed by atoms with van der Waals surface area (Å²) in [7, 11) is 5.70. The molecular formula is C22H25N5O2. The van der Waals surface area contributed by atoms with Gasteiger partial charge in [0.25, 0.3) is 5.91 Å². The zero-order valence-electron chi connectivity index (χ0n) is 16.8. The van der Waals surface area contributed by atoms with Gasteiger partial charge in [0.2, 0.25) is 0 Å². The topological polar surface area (TPSA) is 79.4 Å². The molecule has 2 N–H and O–H groups in total. The summed E-state index contributed by atoms with van der Waals surface area (Å²) < 4.78 is 5.49. The molecule has 7 nitrogen and oxygen atoms in total. The summed E-state index contributed by atoms with van der Waals surface area (Å²) in [5, 5.41) is 14.3. The second kappa shape index (κ2) is 9.66. The van der Waals surface area contributed by atoms with Crippen molar-refractivity contribution < 1.29 is 9.53 Å². The highest BCUT2D eigenvalue weighted by Crippen LogP contribution is 2.28. The number of rotatable bonds is 8. The van der Waals surface area contributed by atoms with Crippen LogP contribution in [0, 0.1) is 0 Å². The number of carbonyl (C=O) groups is 1. The number of methoxy groups -OCH3 is 1. The predicted octanol–water partition coefficient (Wildman–Crippen LogP) is 3.45. The number of aromatic nitrogens is 2. The van der Waals surface area contributed by atoms with E-state index in [1.807, 2.05) is 68.7 Å². The molecule has 0 saturated carbocycles. The Morgan fingerprint density at radius 3 is 2.38 bits per heavy atom. The van der Waals surface area contributed by atoms with Gasteiger partial charge in [-0.3, -0.25) is 4.79 Å². The number of para-hydroxylation sites is 2. The van der Waals surface area contributed by atoms with Gasteiger partial charge in [0.1, 0.15) is 11.6 Å². The molecule has 3 rings (SSSR count). The van der Waals surface area contributed by atoms with Crippen molar-refractivity contribution in [3.05, 3.63) is 78.0 Å². The second-order valence-corrected chi connectivity index (χ2v) is 6.73. The minimum Gasteiger partial charge on any atom is -0.496 e. The Morgan fingerprint density at radius 1 is 1.00 bits per heavy atom. The van der Waals surface area contributed by atoms with Crippen molar-refractivity contribution in [2.75, 3.05) is 38.4 Å². The fraction of sp³-hybridized carbons (Fsp3) is 0.227. The van der Waals surface area contributed by atoms with Crippen LogP contribution in [0.5, 0.6) is 5.75 Å². The summed E-state index contributed by atoms with van der Waals surface area (Å²) in [4.78, 5) is 14.4. The lowest BCUT2D eigenvalue weighted by atomic mass is 10.0. The van der Waals surface area contributed by atoms with Crippen molar-refractivity contribution in [3.63, 3.8) is 0 Å². The first-order valence-electron chi connectivity index (χ1n) is 9.32. The first kappa shape index (κ1) is 20.3. The maximum atomic E-state index is 12.3. The molecule has 1 amide bonds. The van der Waals surface area contributed by atoms with E-state index < -0.39 is 0 Å². The molecule has 0 saturated heterocycles. The second-order valence-electron chi connectivity index (χ2n) is 6.73. The molecule has 1 unspecified atom stereocenters. The standard InChI is InChI=1S/C22H25N5O2/c1-27(2)19(17-11-7-8-12-20(17)29-3)15-23-21-14-13-18(25-26-21)22(28)24-16-9-5-4-6-10-16/h4-14,19H,15H2,1-3H3,(H,23,26)(H,24,28). The van der Waals surface area contributed by atoms with Crippen LogP contribution in [0.2, 0.25) is 0 Å². The summed E-state index contributed by atoms with van der Waals surface area (Å²) in [6, 6.07) is 20.7. The summed E-state index contributed by atoms with van der Waals surface area (Å²) in [5.74, 6) is 1.14. The van der Waals surface area contributed by atoms with E-state index in [9.17, 15) is 4.79 Å². The van der Waals surface area contributed by atoms with E-state index in [1.165, 1.54) is 0 Å². The first-order valence-corrected chi connectivity index (χ1v) is 9.32. The third-order valence-corrected chi connectivity index (χ3v) is 4.53. The maximum Gasteiger partial charge on any atom is 0.276 e. The Bertz CT molecular complexity index is 929. The van der Waals surface area contributed by atoms with Crippen LogP contribution in [0.3, 0.4) is 0 Å². The van der Waals surface area contributed by atoms with Gasteiger partial charge in [-0.25, -0.2) is 0 Å². The zero-order chi connectivity index (χ0) is 20.6. The highest BCUT2D eigenvalue weighted by molar-refractivity contribution is 6.02. The van der Waals surface area contributed by atoms with E-state index in [1.54, 1.807) is 19.2 Å². The Hall–Kier alpha value is -3.45. The van der Waals surface area contributed by atoms with Crippen LogP contribution in [0.15, 0.2) is 66.7 Å². The predicted molar refractivity (Wildman–Crippen MR) is 114 cm³/mol. The molecule has 0 spiro atoms. The van der Waals surface area contributed by atoms with Gasteiger partial charge in [-0.2, -0.15) is 0 Å². The lowest BCUT2D eigenvalue weighted by molar-refractivity contribution is 0.102. The van der Waals surface area contributed by atoms with Crippen LogP contribution >= 0.6 is 0 Å². The number of hydrogen-bond acceptors (Lipinski definition) is 6. The molecule has 1 atom stereocenters. The lowest BCUT2D eigenvalue weighted by Gasteiger charge is -2.26. The molecule has 7 heteroatoms. The molecule has 0 aliphatic carbocycles. The highest BCUT2D eigenvalue weighted by Gasteiger charge is 2.18. The Labute approximate surface area is 170 Å². The SMILES string of the molecule is COc1ccccc1C(CNc1ccc(C(=O)Nc2ccccc2)nn1)N(C)C. The molecule has 0 aliphatic heterocycles. The van der Waals surface area contributed by atoms with Gasteiger partial charge < -0.3 is 20.3 Å². The minimum atomic E-state index is -0.296. The molecule has 0 aliphatic rings. The number of nitrogens with one attached hydrogen (secondary N) is 2. The first-order chi connectivity index (χ1) is 14.1. The summed E-state index contributed by atoms with van der Waals surface area (Å²) in [5.41, 5.74) is 2.06. The van der Waals surface area contributed by atoms with Gasteiger partial charge in [0, 0.05) is 17.8 Å². The van der Waals surface area contributed by atoms with Crippen molar-refractivity contribution >= 4 is 17.4 Å². The Morgan fingerprint density at radius 2 is 1.72 bits per heavy atom. The summed E-state index contributed by atoms with van der Waals surface area (Å²) in [6.07, 6.45) is 0. The van der Waals surface area contributed by atoms with Gasteiger partial charge in [0.05, 0.1) is 13.2 Å². The Kier molecular flexibility index (Phi) is 6.76. The van der Waals surface area contributed by atoms with Crippen molar-refractivity contribution in [2.45, 2.75) is 6.04 Å². The van der Waals surface area contributed by atoms with E-state index in [0.29, 0.717) is 18.1 Å². The number of carbonyl (C=O) groups excluding carboxylic acids is 1. The van der Waals surface area contributed by atoms with Gasteiger partial charge in [-0.05, 0) is 44.4 Å². The molecule has 0 fully saturated rings. The third kappa shape index (κ3) is 5.30. The van der Waals surface area contributed by atoms with Crippen LogP contribution in [0.4, 0.5) is 11.5 Å². The molecule has 29 heavy (non-hydrogen) atoms. The molecule has 3 aromatic rings. The fourth-order valence-corrected chi connectivity index (χ4v) is 2.98. The van der Waals surface area contributed by atoms with E-state index >= 15 is 0 Å². The van der Waals surface area contributed by atoms with Gasteiger partial charge in [-0.1, -0.05) is 36.4 Å². The van der Waals surface area contributed by atoms with Gasteiger partial charge in [0.15, 0.2) is 5.69 Å². The van der Waals surface area contributed by atoms with E-state index in [-0.39, 0.29) is 17.6 Å². The van der Waals surface area contributed by atoms with Gasteiger partial charge >= 0.3 is 0 Å². The van der Waals surface area contributed by atoms with Crippen LogP contribution < -0.4 is 15.4 Å². The normalized spacial score (nSPS) is 11.7. The molecule has 2 aromatic carbocycles. The quantitative estimate of drug-likeness (QED) is 0.612. The maximum absolute atomic E-state index is 12.3. The summed E-state index contributed by atoms with van der Waals surface area (Å²) in [6.45, 7) is 0.609. The average Bonchev–Trinajstić information content (AvgIpc) is 2.75. The monoisotopic (exact) mass is 391 g/mol. The van der Waals surface area contributed by atoms with E-state index in [0.717, 1.165) is 11.3 Å². The van der Waals surface area contributed by atoms with Crippen LogP contribution in [0.1, 0.15) is 22.1 Å². The molecule has 1 aromatic heterocycles. The number of nitrogens with zero attached hydrogens (tertiary/aromatic N) is 3. The van der Waals surface area contributed by atoms with Crippen LogP contribution in [-0.4, -0.2) is 48.8 Å². The Balaban J connectivity index is 1.65. The third-order valence-electron chi connectivity index (χ3n) is 4.53. The molecule has 0 radical (unpaired) electrons. The highest BCUT2D eigenvalue weighted by atomic mass is 16.5. The van der Waals surface area contributed by atoms with E-state index in [4.69, 9.17) is 4.74 Å². The molecule has 1 heterocycles. The van der Waals surface area contributed by atoms with Crippen LogP contribution in [0.25, 0.3) is 0 Å².